The smallest absolute Gasteiger partial charge is 0.311 e. The molecular formula is C43H74N2O12. The maximum atomic E-state index is 14.4. The summed E-state index contributed by atoms with van der Waals surface area (Å²) in [7, 11) is 7.22. The van der Waals surface area contributed by atoms with E-state index < -0.39 is 84.3 Å². The van der Waals surface area contributed by atoms with Gasteiger partial charge in [0.15, 0.2) is 12.6 Å². The molecule has 4 N–H and O–H groups in total. The Bertz CT molecular complexity index is 1370. The first kappa shape index (κ1) is 47.9. The van der Waals surface area contributed by atoms with E-state index in [-0.39, 0.29) is 43.4 Å². The summed E-state index contributed by atoms with van der Waals surface area (Å²) in [6.45, 7) is 15.8. The number of methoxy groups -OCH3 is 1. The molecule has 328 valence electrons. The molecule has 3 fully saturated rings. The molecule has 3 heterocycles. The van der Waals surface area contributed by atoms with Gasteiger partial charge in [0.25, 0.3) is 0 Å². The molecule has 0 saturated carbocycles. The van der Waals surface area contributed by atoms with Gasteiger partial charge in [-0.2, -0.15) is 0 Å². The van der Waals surface area contributed by atoms with Gasteiger partial charge in [0, 0.05) is 38.6 Å². The van der Waals surface area contributed by atoms with Crippen molar-refractivity contribution in [2.24, 2.45) is 23.7 Å². The summed E-state index contributed by atoms with van der Waals surface area (Å²) in [4.78, 5) is 18.4. The molecule has 1 aromatic rings. The summed E-state index contributed by atoms with van der Waals surface area (Å²) in [5, 5.41) is 46.9. The molecule has 0 radical (unpaired) electrons. The summed E-state index contributed by atoms with van der Waals surface area (Å²) in [5.41, 5.74) is -1.65. The topological polar surface area (TPSA) is 169 Å². The third kappa shape index (κ3) is 12.4. The average molecular weight is 811 g/mol. The molecule has 57 heavy (non-hydrogen) atoms. The van der Waals surface area contributed by atoms with E-state index in [1.807, 2.05) is 89.0 Å². The zero-order valence-corrected chi connectivity index (χ0v) is 36.4. The van der Waals surface area contributed by atoms with Gasteiger partial charge >= 0.3 is 5.97 Å². The van der Waals surface area contributed by atoms with E-state index in [1.165, 1.54) is 7.11 Å². The van der Waals surface area contributed by atoms with Crippen molar-refractivity contribution in [3.63, 3.8) is 0 Å². The SMILES string of the molecule is CO[C@]1(C)C[C@H](O[C@H]2[C@H](C)[C@@H](O[C@@H]3O[C@H](C)C[C@H](N(C)C)[C@H]3O)[C@@](C)(O)C[C@@H](C)[C@H](O)[C@H](C)CN(C)C[C@H](COCc3ccccc3)OC(=O)[C@@H]2C)O[C@@H](C)[C@@H]1O. The molecule has 4 rings (SSSR count). The van der Waals surface area contributed by atoms with Crippen molar-refractivity contribution in [1.29, 1.82) is 0 Å². The predicted octanol–water partition coefficient (Wildman–Crippen LogP) is 3.20. The van der Waals surface area contributed by atoms with E-state index in [0.717, 1.165) is 5.56 Å². The molecule has 14 heteroatoms. The Morgan fingerprint density at radius 2 is 1.58 bits per heavy atom. The number of nitrogens with zero attached hydrogens (tertiary/aromatic N) is 2. The minimum atomic E-state index is -1.63. The van der Waals surface area contributed by atoms with Crippen LogP contribution in [0.25, 0.3) is 0 Å². The van der Waals surface area contributed by atoms with Gasteiger partial charge in [-0.3, -0.25) is 4.79 Å². The maximum Gasteiger partial charge on any atom is 0.311 e. The molecular weight excluding hydrogens is 736 g/mol. The molecule has 3 aliphatic rings. The lowest BCUT2D eigenvalue weighted by molar-refractivity contribution is -0.318. The fraction of sp³-hybridized carbons (Fsp3) is 0.837. The van der Waals surface area contributed by atoms with Crippen LogP contribution in [0.5, 0.6) is 0 Å². The predicted molar refractivity (Wildman–Crippen MR) is 214 cm³/mol. The number of esters is 1. The van der Waals surface area contributed by atoms with Crippen LogP contribution in [0.4, 0.5) is 0 Å². The first-order valence-electron chi connectivity index (χ1n) is 20.8. The van der Waals surface area contributed by atoms with Crippen LogP contribution in [0.2, 0.25) is 0 Å². The molecule has 14 nitrogen and oxygen atoms in total. The first-order valence-corrected chi connectivity index (χ1v) is 20.8. The zero-order chi connectivity index (χ0) is 42.4. The normalized spacial score (nSPS) is 43.6. The number of carbonyl (C=O) groups excluding carboxylic acids is 1. The second-order valence-electron chi connectivity index (χ2n) is 18.1. The number of rotatable bonds is 10. The molecule has 1 aromatic carbocycles. The summed E-state index contributed by atoms with van der Waals surface area (Å²) in [5.74, 6) is -2.82. The number of aliphatic hydroxyl groups excluding tert-OH is 3. The quantitative estimate of drug-likeness (QED) is 0.254. The average Bonchev–Trinajstić information content (AvgIpc) is 3.14. The number of likely N-dealkylation sites (N-methyl/N-ethyl adjacent to an activating group) is 2. The van der Waals surface area contributed by atoms with Gasteiger partial charge in [-0.05, 0) is 86.0 Å². The zero-order valence-electron chi connectivity index (χ0n) is 36.4. The summed E-state index contributed by atoms with van der Waals surface area (Å²) >= 11 is 0. The van der Waals surface area contributed by atoms with Crippen LogP contribution in [0, 0.1) is 23.7 Å². The van der Waals surface area contributed by atoms with Crippen molar-refractivity contribution in [3.8, 4) is 0 Å². The Hall–Kier alpha value is -1.79. The fourth-order valence-electron chi connectivity index (χ4n) is 9.16. The van der Waals surface area contributed by atoms with Gasteiger partial charge in [-0.25, -0.2) is 0 Å². The van der Waals surface area contributed by atoms with Gasteiger partial charge in [0.1, 0.15) is 18.3 Å². The van der Waals surface area contributed by atoms with Crippen LogP contribution in [0.15, 0.2) is 30.3 Å². The summed E-state index contributed by atoms with van der Waals surface area (Å²) in [6.07, 6.45) is -7.65. The Morgan fingerprint density at radius 1 is 0.912 bits per heavy atom. The summed E-state index contributed by atoms with van der Waals surface area (Å²) < 4.78 is 44.2. The van der Waals surface area contributed by atoms with Gasteiger partial charge in [-0.15, -0.1) is 0 Å². The van der Waals surface area contributed by atoms with Crippen LogP contribution in [-0.2, 0) is 44.6 Å². The molecule has 0 bridgehead atoms. The number of carbonyl (C=O) groups is 1. The van der Waals surface area contributed by atoms with E-state index in [9.17, 15) is 25.2 Å². The lowest BCUT2D eigenvalue weighted by Gasteiger charge is -2.49. The highest BCUT2D eigenvalue weighted by atomic mass is 16.7. The molecule has 0 spiro atoms. The molecule has 0 aromatic heterocycles. The van der Waals surface area contributed by atoms with E-state index in [0.29, 0.717) is 26.1 Å². The van der Waals surface area contributed by atoms with Gasteiger partial charge in [0.05, 0.1) is 60.9 Å². The highest BCUT2D eigenvalue weighted by Crippen LogP contribution is 2.40. The Balaban J connectivity index is 1.76. The lowest BCUT2D eigenvalue weighted by atomic mass is 9.76. The number of aliphatic hydroxyl groups is 4. The fourth-order valence-corrected chi connectivity index (χ4v) is 9.16. The first-order chi connectivity index (χ1) is 26.7. The van der Waals surface area contributed by atoms with Crippen LogP contribution >= 0.6 is 0 Å². The second kappa shape index (κ2) is 20.7. The van der Waals surface area contributed by atoms with E-state index in [1.54, 1.807) is 27.7 Å². The standard InChI is InChI=1S/C43H74N2O12/c1-25-19-42(7,50)39(57-41-36(47)33(44(9)10)18-27(3)53-41)28(4)37(56-34-20-43(8,51-12)38(48)30(6)54-34)29(5)40(49)55-32(22-45(11)21-26(2)35(25)46)24-52-23-31-16-14-13-15-17-31/h13-17,25-30,32-39,41,46-48,50H,18-24H2,1-12H3/t25-,26-,27-,28+,29-,30+,32-,33+,34+,35+,36-,37+,38+,39-,41+,42+,43-/m1/s1. The van der Waals surface area contributed by atoms with E-state index in [4.69, 9.17) is 33.2 Å². The van der Waals surface area contributed by atoms with Crippen LogP contribution in [0.3, 0.4) is 0 Å². The summed E-state index contributed by atoms with van der Waals surface area (Å²) in [6, 6.07) is 9.48. The minimum absolute atomic E-state index is 0.124. The van der Waals surface area contributed by atoms with Gasteiger partial charge in [-0.1, -0.05) is 51.1 Å². The number of hydrogen-bond donors (Lipinski definition) is 4. The molecule has 0 amide bonds. The third-order valence-electron chi connectivity index (χ3n) is 12.5. The van der Waals surface area contributed by atoms with Crippen molar-refractivity contribution < 1.29 is 58.4 Å². The van der Waals surface area contributed by atoms with E-state index in [2.05, 4.69) is 0 Å². The van der Waals surface area contributed by atoms with Gasteiger partial charge in [0.2, 0.25) is 0 Å². The third-order valence-corrected chi connectivity index (χ3v) is 12.5. The number of ether oxygens (including phenoxy) is 7. The molecule has 3 aliphatic heterocycles. The lowest BCUT2D eigenvalue weighted by Crippen LogP contribution is -2.60. The minimum Gasteiger partial charge on any atom is -0.458 e. The molecule has 0 unspecified atom stereocenters. The maximum absolute atomic E-state index is 14.4. The van der Waals surface area contributed by atoms with Crippen molar-refractivity contribution in [1.82, 2.24) is 9.80 Å². The Kier molecular flexibility index (Phi) is 17.3. The molecule has 3 saturated heterocycles. The van der Waals surface area contributed by atoms with Gasteiger partial charge < -0.3 is 63.4 Å². The monoisotopic (exact) mass is 811 g/mol. The number of benzene rings is 1. The molecule has 0 aliphatic carbocycles. The Morgan fingerprint density at radius 3 is 2.21 bits per heavy atom. The number of hydrogen-bond acceptors (Lipinski definition) is 14. The van der Waals surface area contributed by atoms with Crippen LogP contribution in [0.1, 0.15) is 80.2 Å². The Labute approximate surface area is 341 Å². The van der Waals surface area contributed by atoms with Crippen LogP contribution in [-0.4, -0.2) is 163 Å². The highest BCUT2D eigenvalue weighted by Gasteiger charge is 2.51. The van der Waals surface area contributed by atoms with E-state index >= 15 is 0 Å². The highest BCUT2D eigenvalue weighted by molar-refractivity contribution is 5.73. The van der Waals surface area contributed by atoms with Crippen LogP contribution < -0.4 is 0 Å². The van der Waals surface area contributed by atoms with Crippen molar-refractivity contribution >= 4 is 5.97 Å². The van der Waals surface area contributed by atoms with Crippen molar-refractivity contribution in [3.05, 3.63) is 35.9 Å². The van der Waals surface area contributed by atoms with Crippen molar-refractivity contribution in [2.45, 2.75) is 160 Å². The van der Waals surface area contributed by atoms with Crippen molar-refractivity contribution in [2.75, 3.05) is 47.9 Å². The second-order valence-corrected chi connectivity index (χ2v) is 18.1. The largest absolute Gasteiger partial charge is 0.458 e. The molecule has 17 atom stereocenters. The number of cyclic esters (lactones) is 1.